The third-order valence-electron chi connectivity index (χ3n) is 3.31. The Kier molecular flexibility index (Phi) is 7.58. The monoisotopic (exact) mass is 362 g/mol. The lowest BCUT2D eigenvalue weighted by Crippen LogP contribution is -2.36. The van der Waals surface area contributed by atoms with Crippen LogP contribution in [0.4, 0.5) is 10.5 Å². The van der Waals surface area contributed by atoms with Gasteiger partial charge in [0.2, 0.25) is 0 Å². The Hall–Kier alpha value is -1.53. The highest BCUT2D eigenvalue weighted by Crippen LogP contribution is 2.33. The van der Waals surface area contributed by atoms with E-state index in [0.29, 0.717) is 30.0 Å². The van der Waals surface area contributed by atoms with E-state index in [9.17, 15) is 14.9 Å². The molecule has 0 bridgehead atoms. The molecule has 0 aliphatic carbocycles. The summed E-state index contributed by atoms with van der Waals surface area (Å²) in [5.41, 5.74) is 1.04. The molecule has 0 unspecified atom stereocenters. The van der Waals surface area contributed by atoms with Crippen LogP contribution in [-0.2, 0) is 0 Å². The van der Waals surface area contributed by atoms with Gasteiger partial charge in [0.25, 0.3) is 5.69 Å². The van der Waals surface area contributed by atoms with Crippen molar-refractivity contribution in [1.29, 1.82) is 0 Å². The summed E-state index contributed by atoms with van der Waals surface area (Å²) >= 11 is 11.3. The number of halogens is 2. The number of nitro benzene ring substituents is 1. The number of carbonyl (C=O) groups is 1. The standard InChI is InChI=1S/C15H20Cl2N2O4/c1-10(2)12-9-13(19(21)22)11(3)8-14(12)23-15(20)18(6-4-16)7-5-17/h8-10H,4-7H2,1-3H3. The fraction of sp³-hybridized carbons (Fsp3) is 0.533. The van der Waals surface area contributed by atoms with E-state index in [0.717, 1.165) is 0 Å². The van der Waals surface area contributed by atoms with Crippen LogP contribution in [-0.4, -0.2) is 40.8 Å². The molecule has 128 valence electrons. The molecule has 0 fully saturated rings. The minimum atomic E-state index is -0.568. The first-order valence-electron chi connectivity index (χ1n) is 7.19. The molecule has 0 radical (unpaired) electrons. The van der Waals surface area contributed by atoms with Crippen LogP contribution >= 0.6 is 23.2 Å². The van der Waals surface area contributed by atoms with Crippen molar-refractivity contribution in [2.24, 2.45) is 0 Å². The number of alkyl halides is 2. The second kappa shape index (κ2) is 8.93. The predicted molar refractivity (Wildman–Crippen MR) is 91.0 cm³/mol. The van der Waals surface area contributed by atoms with Crippen LogP contribution in [0.15, 0.2) is 12.1 Å². The molecule has 8 heteroatoms. The molecule has 1 aromatic rings. The predicted octanol–water partition coefficient (Wildman–Crippen LogP) is 4.31. The zero-order valence-corrected chi connectivity index (χ0v) is 14.9. The van der Waals surface area contributed by atoms with Gasteiger partial charge in [-0.25, -0.2) is 4.79 Å². The molecule has 0 aromatic heterocycles. The van der Waals surface area contributed by atoms with Crippen LogP contribution in [0.2, 0.25) is 0 Å². The summed E-state index contributed by atoms with van der Waals surface area (Å²) in [5.74, 6) is 0.818. The van der Waals surface area contributed by atoms with Gasteiger partial charge in [-0.1, -0.05) is 13.8 Å². The lowest BCUT2D eigenvalue weighted by Gasteiger charge is -2.21. The number of amides is 1. The molecule has 1 aromatic carbocycles. The van der Waals surface area contributed by atoms with Crippen LogP contribution in [0.5, 0.6) is 5.75 Å². The van der Waals surface area contributed by atoms with Crippen molar-refractivity contribution in [3.63, 3.8) is 0 Å². The first kappa shape index (κ1) is 19.5. The summed E-state index contributed by atoms with van der Waals surface area (Å²) in [5, 5.41) is 11.1. The van der Waals surface area contributed by atoms with Gasteiger partial charge in [0.15, 0.2) is 0 Å². The highest BCUT2D eigenvalue weighted by molar-refractivity contribution is 6.18. The van der Waals surface area contributed by atoms with Gasteiger partial charge in [-0.2, -0.15) is 0 Å². The van der Waals surface area contributed by atoms with Gasteiger partial charge in [0.05, 0.1) is 4.92 Å². The topological polar surface area (TPSA) is 72.7 Å². The second-order valence-corrected chi connectivity index (χ2v) is 6.08. The molecule has 23 heavy (non-hydrogen) atoms. The van der Waals surface area contributed by atoms with Crippen molar-refractivity contribution in [3.8, 4) is 5.75 Å². The zero-order chi connectivity index (χ0) is 17.6. The fourth-order valence-electron chi connectivity index (χ4n) is 2.08. The number of hydrogen-bond donors (Lipinski definition) is 0. The Balaban J connectivity index is 3.13. The molecule has 0 N–H and O–H groups in total. The number of rotatable bonds is 7. The maximum Gasteiger partial charge on any atom is 0.415 e. The van der Waals surface area contributed by atoms with Crippen LogP contribution in [0, 0.1) is 17.0 Å². The van der Waals surface area contributed by atoms with Gasteiger partial charge in [-0.15, -0.1) is 23.2 Å². The van der Waals surface area contributed by atoms with E-state index < -0.39 is 11.0 Å². The minimum Gasteiger partial charge on any atom is -0.410 e. The SMILES string of the molecule is Cc1cc(OC(=O)N(CCCl)CCCl)c(C(C)C)cc1[N+](=O)[O-]. The highest BCUT2D eigenvalue weighted by atomic mass is 35.5. The van der Waals surface area contributed by atoms with E-state index in [4.69, 9.17) is 27.9 Å². The van der Waals surface area contributed by atoms with Crippen molar-refractivity contribution in [1.82, 2.24) is 4.90 Å². The number of aryl methyl sites for hydroxylation is 1. The first-order valence-corrected chi connectivity index (χ1v) is 8.26. The van der Waals surface area contributed by atoms with Crippen molar-refractivity contribution in [2.45, 2.75) is 26.7 Å². The molecule has 0 saturated carbocycles. The second-order valence-electron chi connectivity index (χ2n) is 5.32. The molecule has 0 heterocycles. The quantitative estimate of drug-likeness (QED) is 0.411. The van der Waals surface area contributed by atoms with Crippen molar-refractivity contribution in [2.75, 3.05) is 24.8 Å². The van der Waals surface area contributed by atoms with E-state index in [2.05, 4.69) is 0 Å². The highest BCUT2D eigenvalue weighted by Gasteiger charge is 2.22. The summed E-state index contributed by atoms with van der Waals surface area (Å²) in [6.07, 6.45) is -0.568. The Labute approximate surface area is 145 Å². The maximum atomic E-state index is 12.2. The van der Waals surface area contributed by atoms with E-state index in [1.807, 2.05) is 13.8 Å². The Bertz CT molecular complexity index is 573. The number of hydrogen-bond acceptors (Lipinski definition) is 4. The molecule has 0 saturated heterocycles. The zero-order valence-electron chi connectivity index (χ0n) is 13.3. The lowest BCUT2D eigenvalue weighted by molar-refractivity contribution is -0.385. The Morgan fingerprint density at radius 1 is 1.30 bits per heavy atom. The third-order valence-corrected chi connectivity index (χ3v) is 3.65. The van der Waals surface area contributed by atoms with Gasteiger partial charge < -0.3 is 9.64 Å². The average molecular weight is 363 g/mol. The molecule has 0 atom stereocenters. The molecule has 0 aliphatic heterocycles. The minimum absolute atomic E-state index is 0.00636. The van der Waals surface area contributed by atoms with Crippen LogP contribution in [0.25, 0.3) is 0 Å². The number of ether oxygens (including phenoxy) is 1. The van der Waals surface area contributed by atoms with E-state index in [-0.39, 0.29) is 23.4 Å². The molecular weight excluding hydrogens is 343 g/mol. The summed E-state index contributed by atoms with van der Waals surface area (Å²) < 4.78 is 5.44. The molecule has 0 aliphatic rings. The smallest absolute Gasteiger partial charge is 0.410 e. The average Bonchev–Trinajstić information content (AvgIpc) is 2.46. The third kappa shape index (κ3) is 5.25. The van der Waals surface area contributed by atoms with E-state index in [1.165, 1.54) is 17.0 Å². The normalized spacial score (nSPS) is 10.7. The number of nitrogens with zero attached hydrogens (tertiary/aromatic N) is 2. The Morgan fingerprint density at radius 2 is 1.87 bits per heavy atom. The van der Waals surface area contributed by atoms with Crippen molar-refractivity contribution >= 4 is 35.0 Å². The fourth-order valence-corrected chi connectivity index (χ4v) is 2.49. The van der Waals surface area contributed by atoms with E-state index in [1.54, 1.807) is 6.92 Å². The molecule has 6 nitrogen and oxygen atoms in total. The summed E-state index contributed by atoms with van der Waals surface area (Å²) in [6.45, 7) is 5.99. The maximum absolute atomic E-state index is 12.2. The lowest BCUT2D eigenvalue weighted by atomic mass is 9.99. The van der Waals surface area contributed by atoms with Crippen molar-refractivity contribution in [3.05, 3.63) is 33.4 Å². The molecule has 1 amide bonds. The summed E-state index contributed by atoms with van der Waals surface area (Å²) in [4.78, 5) is 24.3. The number of nitro groups is 1. The molecule has 1 rings (SSSR count). The summed E-state index contributed by atoms with van der Waals surface area (Å²) in [7, 11) is 0. The van der Waals surface area contributed by atoms with Gasteiger partial charge in [-0.3, -0.25) is 10.1 Å². The number of benzene rings is 1. The number of carbonyl (C=O) groups excluding carboxylic acids is 1. The van der Waals surface area contributed by atoms with Gasteiger partial charge in [0.1, 0.15) is 5.75 Å². The van der Waals surface area contributed by atoms with Crippen molar-refractivity contribution < 1.29 is 14.5 Å². The van der Waals surface area contributed by atoms with Gasteiger partial charge in [-0.05, 0) is 18.9 Å². The van der Waals surface area contributed by atoms with Crippen LogP contribution < -0.4 is 4.74 Å². The largest absolute Gasteiger partial charge is 0.415 e. The van der Waals surface area contributed by atoms with Crippen LogP contribution in [0.3, 0.4) is 0 Å². The Morgan fingerprint density at radius 3 is 2.30 bits per heavy atom. The van der Waals surface area contributed by atoms with Gasteiger partial charge in [0, 0.05) is 42.0 Å². The van der Waals surface area contributed by atoms with E-state index >= 15 is 0 Å². The van der Waals surface area contributed by atoms with Gasteiger partial charge >= 0.3 is 6.09 Å². The van der Waals surface area contributed by atoms with Crippen LogP contribution in [0.1, 0.15) is 30.9 Å². The first-order chi connectivity index (χ1) is 10.8. The summed E-state index contributed by atoms with van der Waals surface area (Å²) in [6, 6.07) is 2.97. The molecular formula is C15H20Cl2N2O4. The molecule has 0 spiro atoms.